The molecule has 4 heterocycles. The summed E-state index contributed by atoms with van der Waals surface area (Å²) in [5, 5.41) is 13.1. The van der Waals surface area contributed by atoms with Crippen LogP contribution >= 0.6 is 0 Å². The predicted octanol–water partition coefficient (Wildman–Crippen LogP) is 3.13. The van der Waals surface area contributed by atoms with Crippen molar-refractivity contribution in [2.75, 3.05) is 11.9 Å². The van der Waals surface area contributed by atoms with Crippen LogP contribution in [-0.4, -0.2) is 55.1 Å². The molecule has 4 saturated carbocycles. The number of H-pyrrole nitrogens is 1. The molecule has 0 aromatic carbocycles. The number of ether oxygens (including phenoxy) is 2. The molecule has 0 unspecified atom stereocenters. The predicted molar refractivity (Wildman–Crippen MR) is 114 cm³/mol. The van der Waals surface area contributed by atoms with Gasteiger partial charge in [0.2, 0.25) is 5.95 Å². The number of halogens is 1. The molecule has 3 N–H and O–H groups in total. The second-order valence-corrected chi connectivity index (χ2v) is 9.80. The van der Waals surface area contributed by atoms with Crippen LogP contribution in [0.1, 0.15) is 55.5 Å². The standard InChI is InChI=1S/C22H24FN7O3/c23-18-15(33-21(31)27-22-6-11(7-22)8-22)10-32-19(18)13-5-16(29-28-13)26-20-24-4-3-17-25-14(9-30(17)20)12-1-2-12/h3-5,9,11-12,15,18-19H,1-2,6-8,10H2,(H,27,31)(H2,24,26,28,29)/t11?,15-,18+,19-,22?/m0/s1. The summed E-state index contributed by atoms with van der Waals surface area (Å²) in [6.45, 7) is -0.00347. The SMILES string of the molecule is O=C(NC12CC(C1)C2)O[C@H]1CO[C@@H](c2cc(Nc3nccc4nc(C5CC5)cn34)n[nH]2)[C@@H]1F. The van der Waals surface area contributed by atoms with E-state index in [1.54, 1.807) is 12.3 Å². The van der Waals surface area contributed by atoms with Gasteiger partial charge in [-0.2, -0.15) is 5.10 Å². The van der Waals surface area contributed by atoms with Gasteiger partial charge in [0.05, 0.1) is 18.0 Å². The van der Waals surface area contributed by atoms with Crippen molar-refractivity contribution in [2.24, 2.45) is 5.92 Å². The van der Waals surface area contributed by atoms with Crippen LogP contribution in [-0.2, 0) is 9.47 Å². The average molecular weight is 453 g/mol. The Morgan fingerprint density at radius 2 is 2.18 bits per heavy atom. The first kappa shape index (κ1) is 19.3. The van der Waals surface area contributed by atoms with Gasteiger partial charge in [0.25, 0.3) is 0 Å². The summed E-state index contributed by atoms with van der Waals surface area (Å²) in [4.78, 5) is 21.2. The number of amides is 1. The van der Waals surface area contributed by atoms with Crippen molar-refractivity contribution >= 4 is 23.5 Å². The minimum Gasteiger partial charge on any atom is -0.441 e. The van der Waals surface area contributed by atoms with Gasteiger partial charge in [-0.25, -0.2) is 19.2 Å². The van der Waals surface area contributed by atoms with E-state index in [4.69, 9.17) is 9.47 Å². The molecule has 3 atom stereocenters. The Balaban J connectivity index is 1.02. The van der Waals surface area contributed by atoms with Gasteiger partial charge < -0.3 is 20.1 Å². The zero-order chi connectivity index (χ0) is 22.2. The molecule has 4 aliphatic carbocycles. The van der Waals surface area contributed by atoms with Crippen molar-refractivity contribution in [2.45, 2.75) is 61.9 Å². The molecular weight excluding hydrogens is 429 g/mol. The highest BCUT2D eigenvalue weighted by Gasteiger charge is 2.58. The van der Waals surface area contributed by atoms with Gasteiger partial charge in [-0.15, -0.1) is 0 Å². The maximum absolute atomic E-state index is 15.0. The molecule has 5 fully saturated rings. The molecule has 10 nitrogen and oxygen atoms in total. The van der Waals surface area contributed by atoms with E-state index in [0.29, 0.717) is 23.4 Å². The summed E-state index contributed by atoms with van der Waals surface area (Å²) in [5.41, 5.74) is 2.23. The second-order valence-electron chi connectivity index (χ2n) is 9.80. The number of nitrogens with one attached hydrogen (secondary N) is 3. The number of anilines is 2. The highest BCUT2D eigenvalue weighted by molar-refractivity contribution is 5.69. The average Bonchev–Trinajstić information content (AvgIpc) is 3.16. The Morgan fingerprint density at radius 1 is 1.33 bits per heavy atom. The molecule has 11 heteroatoms. The molecule has 1 aliphatic heterocycles. The van der Waals surface area contributed by atoms with Gasteiger partial charge in [0.15, 0.2) is 18.1 Å². The largest absolute Gasteiger partial charge is 0.441 e. The molecule has 3 aromatic heterocycles. The number of hydrogen-bond acceptors (Lipinski definition) is 7. The number of nitrogens with zero attached hydrogens (tertiary/aromatic N) is 4. The Bertz CT molecular complexity index is 1220. The first-order chi connectivity index (χ1) is 16.1. The van der Waals surface area contributed by atoms with E-state index in [2.05, 4.69) is 30.8 Å². The number of aromatic amines is 1. The number of hydrogen-bond donors (Lipinski definition) is 3. The van der Waals surface area contributed by atoms with Crippen molar-refractivity contribution < 1.29 is 18.7 Å². The van der Waals surface area contributed by atoms with Gasteiger partial charge in [-0.3, -0.25) is 9.50 Å². The Kier molecular flexibility index (Phi) is 4.03. The van der Waals surface area contributed by atoms with Crippen LogP contribution in [0.3, 0.4) is 0 Å². The molecule has 8 rings (SSSR count). The van der Waals surface area contributed by atoms with Crippen LogP contribution in [0.4, 0.5) is 21.0 Å². The molecule has 5 aliphatic rings. The Hall–Kier alpha value is -3.21. The minimum atomic E-state index is -1.49. The van der Waals surface area contributed by atoms with Crippen molar-refractivity contribution in [3.05, 3.63) is 35.9 Å². The molecule has 2 bridgehead atoms. The van der Waals surface area contributed by atoms with Crippen molar-refractivity contribution in [3.8, 4) is 0 Å². The van der Waals surface area contributed by atoms with Crippen molar-refractivity contribution in [1.29, 1.82) is 0 Å². The lowest BCUT2D eigenvalue weighted by molar-refractivity contribution is -0.0528. The molecule has 0 radical (unpaired) electrons. The molecular formula is C22H24FN7O3. The molecule has 33 heavy (non-hydrogen) atoms. The van der Waals surface area contributed by atoms with E-state index in [1.807, 2.05) is 16.7 Å². The summed E-state index contributed by atoms with van der Waals surface area (Å²) in [6.07, 6.45) is 5.11. The number of rotatable bonds is 6. The second kappa shape index (κ2) is 6.89. The van der Waals surface area contributed by atoms with Gasteiger partial charge in [0.1, 0.15) is 11.8 Å². The third-order valence-corrected chi connectivity index (χ3v) is 7.29. The van der Waals surface area contributed by atoms with Crippen LogP contribution in [0, 0.1) is 5.92 Å². The summed E-state index contributed by atoms with van der Waals surface area (Å²) in [6, 6.07) is 3.54. The number of alkyl carbamates (subject to hydrolysis) is 1. The van der Waals surface area contributed by atoms with E-state index in [-0.39, 0.29) is 12.1 Å². The zero-order valence-electron chi connectivity index (χ0n) is 17.8. The fraction of sp³-hybridized carbons (Fsp3) is 0.545. The fourth-order valence-corrected chi connectivity index (χ4v) is 5.22. The van der Waals surface area contributed by atoms with E-state index >= 15 is 4.39 Å². The highest BCUT2D eigenvalue weighted by atomic mass is 19.1. The van der Waals surface area contributed by atoms with E-state index in [9.17, 15) is 4.79 Å². The Morgan fingerprint density at radius 3 is 2.94 bits per heavy atom. The van der Waals surface area contributed by atoms with Gasteiger partial charge in [-0.1, -0.05) is 0 Å². The normalized spacial score (nSPS) is 32.3. The van der Waals surface area contributed by atoms with Gasteiger partial charge in [-0.05, 0) is 44.1 Å². The topological polar surface area (TPSA) is 118 Å². The van der Waals surface area contributed by atoms with Crippen LogP contribution < -0.4 is 10.6 Å². The minimum absolute atomic E-state index is 0.00347. The number of fused-ring (bicyclic) bond motifs is 1. The number of carbonyl (C=O) groups is 1. The van der Waals surface area contributed by atoms with E-state index in [1.165, 1.54) is 12.8 Å². The lowest BCUT2D eigenvalue weighted by Crippen LogP contribution is -2.68. The first-order valence-electron chi connectivity index (χ1n) is 11.5. The summed E-state index contributed by atoms with van der Waals surface area (Å²) < 4.78 is 27.9. The molecule has 3 aromatic rings. The molecule has 172 valence electrons. The molecule has 1 amide bonds. The maximum atomic E-state index is 15.0. The number of alkyl halides is 1. The fourth-order valence-electron chi connectivity index (χ4n) is 5.22. The third kappa shape index (κ3) is 3.25. The highest BCUT2D eigenvalue weighted by Crippen LogP contribution is 2.57. The Labute approximate surface area is 188 Å². The lowest BCUT2D eigenvalue weighted by atomic mass is 9.50. The molecule has 0 spiro atoms. The quantitative estimate of drug-likeness (QED) is 0.525. The third-order valence-electron chi connectivity index (χ3n) is 7.29. The van der Waals surface area contributed by atoms with E-state index in [0.717, 1.165) is 36.5 Å². The van der Waals surface area contributed by atoms with E-state index < -0.39 is 24.5 Å². The molecule has 1 saturated heterocycles. The number of aromatic nitrogens is 5. The monoisotopic (exact) mass is 453 g/mol. The number of carbonyl (C=O) groups excluding carboxylic acids is 1. The summed E-state index contributed by atoms with van der Waals surface area (Å²) in [7, 11) is 0. The zero-order valence-corrected chi connectivity index (χ0v) is 17.8. The van der Waals surface area contributed by atoms with Gasteiger partial charge >= 0.3 is 6.09 Å². The number of imidazole rings is 1. The van der Waals surface area contributed by atoms with Gasteiger partial charge in [0, 0.05) is 29.9 Å². The van der Waals surface area contributed by atoms with Crippen molar-refractivity contribution in [3.63, 3.8) is 0 Å². The van der Waals surface area contributed by atoms with Crippen LogP contribution in [0.15, 0.2) is 24.5 Å². The maximum Gasteiger partial charge on any atom is 0.408 e. The smallest absolute Gasteiger partial charge is 0.408 e. The summed E-state index contributed by atoms with van der Waals surface area (Å²) in [5.74, 6) is 2.32. The van der Waals surface area contributed by atoms with Crippen LogP contribution in [0.5, 0.6) is 0 Å². The lowest BCUT2D eigenvalue weighted by Gasteiger charge is -2.61. The first-order valence-corrected chi connectivity index (χ1v) is 11.5. The summed E-state index contributed by atoms with van der Waals surface area (Å²) >= 11 is 0. The van der Waals surface area contributed by atoms with Crippen molar-refractivity contribution in [1.82, 2.24) is 29.9 Å². The van der Waals surface area contributed by atoms with Crippen LogP contribution in [0.25, 0.3) is 5.65 Å². The van der Waals surface area contributed by atoms with Crippen LogP contribution in [0.2, 0.25) is 0 Å².